The van der Waals surface area contributed by atoms with Crippen LogP contribution in [0.1, 0.15) is 18.4 Å². The number of methoxy groups -OCH3 is 2. The number of pyridine rings is 1. The van der Waals surface area contributed by atoms with E-state index in [1.807, 2.05) is 0 Å². The Morgan fingerprint density at radius 3 is 2.61 bits per heavy atom. The van der Waals surface area contributed by atoms with Crippen molar-refractivity contribution in [1.82, 2.24) is 15.0 Å². The molecule has 0 fully saturated rings. The first-order valence-corrected chi connectivity index (χ1v) is 10.7. The van der Waals surface area contributed by atoms with Gasteiger partial charge in [0.05, 0.1) is 19.8 Å². The number of hydrogen-bond donors (Lipinski definition) is 3. The summed E-state index contributed by atoms with van der Waals surface area (Å²) in [6.45, 7) is 0.284. The van der Waals surface area contributed by atoms with Crippen molar-refractivity contribution in [1.29, 1.82) is 0 Å². The second kappa shape index (κ2) is 9.87. The molecule has 4 N–H and O–H groups in total. The molecule has 0 aliphatic carbocycles. The average molecular weight is 493 g/mol. The summed E-state index contributed by atoms with van der Waals surface area (Å²) >= 11 is 0. The first-order chi connectivity index (χ1) is 17.3. The number of ether oxygens (including phenoxy) is 2. The van der Waals surface area contributed by atoms with Gasteiger partial charge in [0.2, 0.25) is 11.8 Å². The number of benzene rings is 2. The molecule has 36 heavy (non-hydrogen) atoms. The van der Waals surface area contributed by atoms with Crippen LogP contribution in [-0.2, 0) is 4.79 Å². The second-order valence-corrected chi connectivity index (χ2v) is 7.72. The van der Waals surface area contributed by atoms with Crippen molar-refractivity contribution < 1.29 is 28.2 Å². The van der Waals surface area contributed by atoms with E-state index in [2.05, 4.69) is 26.2 Å². The van der Waals surface area contributed by atoms with Crippen LogP contribution in [0.25, 0.3) is 32.9 Å². The number of phenolic OH excluding ortho intramolecular Hbond substituents is 1. The molecule has 1 amide bonds. The number of terminal acetylenes is 1. The van der Waals surface area contributed by atoms with E-state index in [0.29, 0.717) is 11.8 Å². The van der Waals surface area contributed by atoms with Gasteiger partial charge in [0.15, 0.2) is 5.82 Å². The lowest BCUT2D eigenvalue weighted by Gasteiger charge is -2.16. The Hall–Kier alpha value is -4.72. The molecule has 9 nitrogen and oxygen atoms in total. The number of nitrogens with two attached hydrogens (primary N) is 1. The minimum atomic E-state index is -0.897. The third-order valence-electron chi connectivity index (χ3n) is 5.45. The molecule has 0 saturated heterocycles. The van der Waals surface area contributed by atoms with Crippen molar-refractivity contribution in [2.75, 3.05) is 26.1 Å². The third kappa shape index (κ3) is 4.36. The zero-order valence-electron chi connectivity index (χ0n) is 19.4. The quantitative estimate of drug-likeness (QED) is 0.251. The molecule has 4 rings (SSSR count). The minimum absolute atomic E-state index is 0.0448. The molecule has 2 aromatic carbocycles. The number of hydrogen-bond acceptors (Lipinski definition) is 8. The lowest BCUT2D eigenvalue weighted by molar-refractivity contribution is -0.118. The Kier molecular flexibility index (Phi) is 6.69. The van der Waals surface area contributed by atoms with E-state index < -0.39 is 17.5 Å². The predicted molar refractivity (Wildman–Crippen MR) is 130 cm³/mol. The monoisotopic (exact) mass is 493 g/mol. The third-order valence-corrected chi connectivity index (χ3v) is 5.45. The highest BCUT2D eigenvalue weighted by Gasteiger charge is 2.25. The van der Waals surface area contributed by atoms with E-state index in [-0.39, 0.29) is 69.5 Å². The van der Waals surface area contributed by atoms with Gasteiger partial charge in [0, 0.05) is 23.9 Å². The topological polar surface area (TPSA) is 132 Å². The van der Waals surface area contributed by atoms with Crippen LogP contribution >= 0.6 is 0 Å². The van der Waals surface area contributed by atoms with Crippen molar-refractivity contribution in [3.63, 3.8) is 0 Å². The first-order valence-electron chi connectivity index (χ1n) is 10.7. The van der Waals surface area contributed by atoms with Crippen LogP contribution in [0.15, 0.2) is 24.3 Å². The SMILES string of the molecule is C#Cc1c(F)ccc2cc(O)cc(-c3nc(OC)c4c(NCCCC(N)=O)nc(OC)nc4c3F)c12. The molecule has 0 unspecified atom stereocenters. The maximum atomic E-state index is 16.1. The van der Waals surface area contributed by atoms with Crippen LogP contribution in [0.5, 0.6) is 17.6 Å². The second-order valence-electron chi connectivity index (χ2n) is 7.72. The number of aromatic nitrogens is 3. The number of amides is 1. The summed E-state index contributed by atoms with van der Waals surface area (Å²) in [5, 5.41) is 14.0. The van der Waals surface area contributed by atoms with E-state index in [4.69, 9.17) is 21.6 Å². The molecule has 0 bridgehead atoms. The van der Waals surface area contributed by atoms with Gasteiger partial charge in [-0.15, -0.1) is 6.42 Å². The van der Waals surface area contributed by atoms with Crippen molar-refractivity contribution >= 4 is 33.4 Å². The van der Waals surface area contributed by atoms with Gasteiger partial charge in [-0.1, -0.05) is 12.0 Å². The molecule has 11 heteroatoms. The lowest BCUT2D eigenvalue weighted by atomic mass is 9.95. The maximum Gasteiger partial charge on any atom is 0.318 e. The van der Waals surface area contributed by atoms with Gasteiger partial charge in [-0.05, 0) is 30.0 Å². The van der Waals surface area contributed by atoms with Gasteiger partial charge in [0.1, 0.15) is 34.0 Å². The number of carbonyl (C=O) groups excluding carboxylic acids is 1. The van der Waals surface area contributed by atoms with E-state index in [0.717, 1.165) is 0 Å². The molecule has 0 aliphatic rings. The highest BCUT2D eigenvalue weighted by molar-refractivity contribution is 6.04. The molecule has 2 heterocycles. The normalized spacial score (nSPS) is 10.9. The first kappa shape index (κ1) is 24.4. The predicted octanol–water partition coefficient (Wildman–Crippen LogP) is 3.50. The Labute approximate surface area is 204 Å². The van der Waals surface area contributed by atoms with E-state index >= 15 is 4.39 Å². The number of anilines is 1. The van der Waals surface area contributed by atoms with Crippen molar-refractivity contribution in [3.05, 3.63) is 41.5 Å². The summed E-state index contributed by atoms with van der Waals surface area (Å²) in [6, 6.07) is 5.06. The van der Waals surface area contributed by atoms with Crippen LogP contribution in [0, 0.1) is 24.0 Å². The summed E-state index contributed by atoms with van der Waals surface area (Å²) in [6.07, 6.45) is 6.09. The zero-order valence-corrected chi connectivity index (χ0v) is 19.4. The van der Waals surface area contributed by atoms with Gasteiger partial charge in [-0.2, -0.15) is 9.97 Å². The van der Waals surface area contributed by atoms with Gasteiger partial charge >= 0.3 is 6.01 Å². The Morgan fingerprint density at radius 1 is 1.17 bits per heavy atom. The van der Waals surface area contributed by atoms with Crippen LogP contribution in [0.3, 0.4) is 0 Å². The Bertz CT molecular complexity index is 1550. The van der Waals surface area contributed by atoms with Crippen LogP contribution in [0.4, 0.5) is 14.6 Å². The smallest absolute Gasteiger partial charge is 0.318 e. The fraction of sp³-hybridized carbons (Fsp3) is 0.200. The van der Waals surface area contributed by atoms with Crippen molar-refractivity contribution in [3.8, 4) is 41.2 Å². The van der Waals surface area contributed by atoms with Gasteiger partial charge in [0.25, 0.3) is 0 Å². The van der Waals surface area contributed by atoms with Crippen LogP contribution in [-0.4, -0.2) is 46.7 Å². The van der Waals surface area contributed by atoms with Gasteiger partial charge < -0.3 is 25.6 Å². The Balaban J connectivity index is 2.01. The molecule has 0 aliphatic heterocycles. The number of phenols is 1. The summed E-state index contributed by atoms with van der Waals surface area (Å²) in [4.78, 5) is 23.7. The molecule has 0 atom stereocenters. The summed E-state index contributed by atoms with van der Waals surface area (Å²) < 4.78 is 41.2. The van der Waals surface area contributed by atoms with E-state index in [1.54, 1.807) is 0 Å². The molecule has 2 aromatic heterocycles. The largest absolute Gasteiger partial charge is 0.508 e. The van der Waals surface area contributed by atoms with Crippen molar-refractivity contribution in [2.24, 2.45) is 5.73 Å². The fourth-order valence-corrected chi connectivity index (χ4v) is 3.89. The molecule has 0 radical (unpaired) electrons. The standard InChI is InChI=1S/C25H21F2N5O4/c1-4-14-16(26)8-7-12-10-13(33)11-15(18(12)14)21-20(27)22-19(24(30-21)35-2)23(32-25(31-22)36-3)29-9-5-6-17(28)34/h1,7-8,10-11,33H,5-6,9H2,2-3H3,(H2,28,34)(H,29,31,32). The summed E-state index contributed by atoms with van der Waals surface area (Å²) in [7, 11) is 2.65. The lowest BCUT2D eigenvalue weighted by Crippen LogP contribution is -2.13. The highest BCUT2D eigenvalue weighted by atomic mass is 19.1. The minimum Gasteiger partial charge on any atom is -0.508 e. The average Bonchev–Trinajstić information content (AvgIpc) is 2.86. The van der Waals surface area contributed by atoms with Gasteiger partial charge in [-0.3, -0.25) is 4.79 Å². The van der Waals surface area contributed by atoms with E-state index in [1.165, 1.54) is 38.5 Å². The van der Waals surface area contributed by atoms with Crippen LogP contribution < -0.4 is 20.5 Å². The molecule has 0 saturated carbocycles. The maximum absolute atomic E-state index is 16.1. The molecular formula is C25H21F2N5O4. The van der Waals surface area contributed by atoms with Gasteiger partial charge in [-0.25, -0.2) is 13.8 Å². The summed E-state index contributed by atoms with van der Waals surface area (Å²) in [5.41, 5.74) is 4.64. The Morgan fingerprint density at radius 2 is 1.94 bits per heavy atom. The molecular weight excluding hydrogens is 472 g/mol. The number of halogens is 2. The molecule has 184 valence electrons. The highest BCUT2D eigenvalue weighted by Crippen LogP contribution is 2.41. The number of nitrogens with one attached hydrogen (secondary N) is 1. The zero-order chi connectivity index (χ0) is 26.0. The number of rotatable bonds is 8. The molecule has 4 aromatic rings. The van der Waals surface area contributed by atoms with E-state index in [9.17, 15) is 14.3 Å². The molecule has 0 spiro atoms. The van der Waals surface area contributed by atoms with Crippen LogP contribution in [0.2, 0.25) is 0 Å². The number of primary amides is 1. The number of carbonyl (C=O) groups is 1. The number of aromatic hydroxyl groups is 1. The number of fused-ring (bicyclic) bond motifs is 2. The fourth-order valence-electron chi connectivity index (χ4n) is 3.89. The summed E-state index contributed by atoms with van der Waals surface area (Å²) in [5.74, 6) is 0.160. The van der Waals surface area contributed by atoms with Crippen molar-refractivity contribution in [2.45, 2.75) is 12.8 Å². The number of nitrogens with zero attached hydrogens (tertiary/aromatic N) is 3.